The summed E-state index contributed by atoms with van der Waals surface area (Å²) in [5.41, 5.74) is 0.976. The Morgan fingerprint density at radius 3 is 2.92 bits per heavy atom. The molecule has 0 bridgehead atoms. The minimum absolute atomic E-state index is 0.288. The van der Waals surface area contributed by atoms with Gasteiger partial charge < -0.3 is 20.4 Å². The molecule has 0 spiro atoms. The monoisotopic (exact) mass is 352 g/mol. The number of nitrogens with zero attached hydrogens (tertiary/aromatic N) is 4. The van der Waals surface area contributed by atoms with Gasteiger partial charge in [0.05, 0.1) is 12.2 Å². The van der Waals surface area contributed by atoms with Gasteiger partial charge in [0.1, 0.15) is 0 Å². The van der Waals surface area contributed by atoms with E-state index in [1.54, 1.807) is 11.3 Å². The second-order valence-electron chi connectivity index (χ2n) is 5.98. The first-order chi connectivity index (χ1) is 11.6. The molecule has 0 aliphatic carbocycles. The molecule has 0 aromatic carbocycles. The van der Waals surface area contributed by atoms with Crippen molar-refractivity contribution in [1.82, 2.24) is 20.5 Å². The minimum Gasteiger partial charge on any atom is -0.357 e. The molecule has 1 aromatic rings. The zero-order chi connectivity index (χ0) is 17.4. The minimum atomic E-state index is 0.288. The van der Waals surface area contributed by atoms with Crippen LogP contribution in [0.4, 0.5) is 5.13 Å². The molecule has 1 aliphatic rings. The highest BCUT2D eigenvalue weighted by Gasteiger charge is 2.18. The Morgan fingerprint density at radius 2 is 2.29 bits per heavy atom. The van der Waals surface area contributed by atoms with Crippen molar-refractivity contribution < 1.29 is 4.79 Å². The Bertz CT molecular complexity index is 557. The normalized spacial score (nSPS) is 15.0. The molecular weight excluding hydrogens is 324 g/mol. The molecule has 0 unspecified atom stereocenters. The third-order valence-electron chi connectivity index (χ3n) is 3.73. The summed E-state index contributed by atoms with van der Waals surface area (Å²) in [5.74, 6) is 1.08. The van der Waals surface area contributed by atoms with Crippen LogP contribution >= 0.6 is 11.3 Å². The highest BCUT2D eigenvalue weighted by Crippen LogP contribution is 2.18. The largest absolute Gasteiger partial charge is 0.357 e. The molecule has 2 N–H and O–H groups in total. The summed E-state index contributed by atoms with van der Waals surface area (Å²) in [4.78, 5) is 24.6. The van der Waals surface area contributed by atoms with Gasteiger partial charge in [0, 0.05) is 52.1 Å². The van der Waals surface area contributed by atoms with E-state index in [2.05, 4.69) is 20.6 Å². The van der Waals surface area contributed by atoms with Crippen molar-refractivity contribution in [1.29, 1.82) is 0 Å². The molecule has 134 valence electrons. The molecule has 1 fully saturated rings. The van der Waals surface area contributed by atoms with E-state index in [4.69, 9.17) is 0 Å². The predicted octanol–water partition coefficient (Wildman–Crippen LogP) is 1.28. The van der Waals surface area contributed by atoms with Gasteiger partial charge in [-0.2, -0.15) is 0 Å². The van der Waals surface area contributed by atoms with Crippen LogP contribution in [0, 0.1) is 0 Å². The van der Waals surface area contributed by atoms with Crippen LogP contribution in [0.1, 0.15) is 31.9 Å². The van der Waals surface area contributed by atoms with Crippen LogP contribution in [-0.2, 0) is 11.3 Å². The van der Waals surface area contributed by atoms with Gasteiger partial charge >= 0.3 is 0 Å². The molecule has 0 radical (unpaired) electrons. The van der Waals surface area contributed by atoms with Gasteiger partial charge in [0.25, 0.3) is 0 Å². The average Bonchev–Trinajstić information content (AvgIpc) is 3.18. The lowest BCUT2D eigenvalue weighted by molar-refractivity contribution is -0.127. The smallest absolute Gasteiger partial charge is 0.222 e. The van der Waals surface area contributed by atoms with Crippen molar-refractivity contribution in [3.63, 3.8) is 0 Å². The first-order valence-electron chi connectivity index (χ1n) is 8.52. The van der Waals surface area contributed by atoms with E-state index in [1.807, 2.05) is 36.2 Å². The van der Waals surface area contributed by atoms with E-state index in [0.29, 0.717) is 13.0 Å². The maximum atomic E-state index is 11.6. The number of nitrogens with one attached hydrogen (secondary N) is 2. The molecule has 8 heteroatoms. The van der Waals surface area contributed by atoms with Crippen LogP contribution in [0.15, 0.2) is 10.4 Å². The van der Waals surface area contributed by atoms with Gasteiger partial charge in [-0.15, -0.1) is 11.3 Å². The molecule has 1 aliphatic heterocycles. The summed E-state index contributed by atoms with van der Waals surface area (Å²) in [6.45, 7) is 5.96. The van der Waals surface area contributed by atoms with Crippen LogP contribution in [0.5, 0.6) is 0 Å². The zero-order valence-electron chi connectivity index (χ0n) is 14.8. The number of rotatable bonds is 8. The first kappa shape index (κ1) is 18.5. The summed E-state index contributed by atoms with van der Waals surface area (Å²) in [6, 6.07) is 0. The predicted molar refractivity (Wildman–Crippen MR) is 99.7 cm³/mol. The Morgan fingerprint density at radius 1 is 1.46 bits per heavy atom. The van der Waals surface area contributed by atoms with Crippen molar-refractivity contribution in [3.8, 4) is 0 Å². The topological polar surface area (TPSA) is 72.9 Å². The highest BCUT2D eigenvalue weighted by atomic mass is 32.1. The second-order valence-corrected chi connectivity index (χ2v) is 6.81. The maximum Gasteiger partial charge on any atom is 0.222 e. The van der Waals surface area contributed by atoms with Crippen molar-refractivity contribution in [2.24, 2.45) is 4.99 Å². The van der Waals surface area contributed by atoms with Crippen molar-refractivity contribution in [3.05, 3.63) is 11.1 Å². The number of aromatic nitrogens is 1. The number of thiazole rings is 1. The average molecular weight is 353 g/mol. The molecule has 2 heterocycles. The van der Waals surface area contributed by atoms with Crippen LogP contribution in [0.25, 0.3) is 0 Å². The summed E-state index contributed by atoms with van der Waals surface area (Å²) in [6.07, 6.45) is 2.64. The van der Waals surface area contributed by atoms with E-state index in [1.165, 1.54) is 0 Å². The number of likely N-dealkylation sites (tertiary alicyclic amines) is 1. The van der Waals surface area contributed by atoms with Crippen LogP contribution < -0.4 is 15.5 Å². The third kappa shape index (κ3) is 5.67. The van der Waals surface area contributed by atoms with E-state index in [9.17, 15) is 4.79 Å². The Balaban J connectivity index is 1.76. The SMILES string of the molecule is CCNC(=NCc1csc(N(C)C)n1)NCCCN1CCCC1=O. The maximum absolute atomic E-state index is 11.6. The van der Waals surface area contributed by atoms with Gasteiger partial charge in [-0.25, -0.2) is 9.98 Å². The number of aliphatic imine (C=N–C) groups is 1. The van der Waals surface area contributed by atoms with Crippen LogP contribution in [-0.4, -0.2) is 62.0 Å². The standard InChI is InChI=1S/C16H28N6OS/c1-4-17-15(18-8-6-10-22-9-5-7-14(22)23)19-11-13-12-24-16(20-13)21(2)3/h12H,4-11H2,1-3H3,(H2,17,18,19). The summed E-state index contributed by atoms with van der Waals surface area (Å²) >= 11 is 1.63. The third-order valence-corrected chi connectivity index (χ3v) is 4.79. The number of hydrogen-bond donors (Lipinski definition) is 2. The Labute approximate surface area is 148 Å². The van der Waals surface area contributed by atoms with E-state index in [-0.39, 0.29) is 5.91 Å². The number of amides is 1. The van der Waals surface area contributed by atoms with Crippen LogP contribution in [0.3, 0.4) is 0 Å². The van der Waals surface area contributed by atoms with Gasteiger partial charge in [0.2, 0.25) is 5.91 Å². The molecular formula is C16H28N6OS. The summed E-state index contributed by atoms with van der Waals surface area (Å²) in [5, 5.41) is 9.61. The lowest BCUT2D eigenvalue weighted by Crippen LogP contribution is -2.39. The Kier molecular flexibility index (Phi) is 7.30. The molecule has 2 rings (SSSR count). The lowest BCUT2D eigenvalue weighted by Gasteiger charge is -2.16. The molecule has 1 amide bonds. The molecule has 0 atom stereocenters. The van der Waals surface area contributed by atoms with Crippen LogP contribution in [0.2, 0.25) is 0 Å². The molecule has 7 nitrogen and oxygen atoms in total. The number of anilines is 1. The van der Waals surface area contributed by atoms with E-state index in [0.717, 1.165) is 55.8 Å². The lowest BCUT2D eigenvalue weighted by atomic mass is 10.4. The van der Waals surface area contributed by atoms with E-state index < -0.39 is 0 Å². The summed E-state index contributed by atoms with van der Waals surface area (Å²) < 4.78 is 0. The number of guanidine groups is 1. The Hall–Kier alpha value is -1.83. The van der Waals surface area contributed by atoms with Gasteiger partial charge in [-0.05, 0) is 19.8 Å². The molecule has 1 aromatic heterocycles. The molecule has 0 saturated carbocycles. The summed E-state index contributed by atoms with van der Waals surface area (Å²) in [7, 11) is 3.98. The van der Waals surface area contributed by atoms with Crippen molar-refractivity contribution in [2.45, 2.75) is 32.7 Å². The van der Waals surface area contributed by atoms with E-state index >= 15 is 0 Å². The van der Waals surface area contributed by atoms with Crippen molar-refractivity contribution in [2.75, 3.05) is 45.2 Å². The highest BCUT2D eigenvalue weighted by molar-refractivity contribution is 7.13. The fraction of sp³-hybridized carbons (Fsp3) is 0.688. The van der Waals surface area contributed by atoms with Gasteiger partial charge in [0.15, 0.2) is 11.1 Å². The van der Waals surface area contributed by atoms with Gasteiger partial charge in [-0.1, -0.05) is 0 Å². The molecule has 1 saturated heterocycles. The number of carbonyl (C=O) groups excluding carboxylic acids is 1. The second kappa shape index (κ2) is 9.46. The number of hydrogen-bond acceptors (Lipinski definition) is 5. The van der Waals surface area contributed by atoms with Gasteiger partial charge in [-0.3, -0.25) is 4.79 Å². The zero-order valence-corrected chi connectivity index (χ0v) is 15.7. The quantitative estimate of drug-likeness (QED) is 0.419. The van der Waals surface area contributed by atoms with Crippen molar-refractivity contribution >= 4 is 28.3 Å². The number of carbonyl (C=O) groups is 1. The molecule has 24 heavy (non-hydrogen) atoms. The first-order valence-corrected chi connectivity index (χ1v) is 9.39. The fourth-order valence-corrected chi connectivity index (χ4v) is 3.24. The fourth-order valence-electron chi connectivity index (χ4n) is 2.49.